The minimum absolute atomic E-state index is 0.0595. The number of phenolic OH excluding ortho intramolecular Hbond substituents is 1. The fraction of sp³-hybridized carbons (Fsp3) is 0.100. The molecule has 2 N–H and O–H groups in total. The van der Waals surface area contributed by atoms with Crippen LogP contribution in [0.15, 0.2) is 57.6 Å². The second kappa shape index (κ2) is 6.07. The second-order valence-corrected chi connectivity index (χ2v) is 6.11. The molecular weight excluding hydrogens is 332 g/mol. The number of aromatic hydroxyl groups is 1. The zero-order chi connectivity index (χ0) is 18.3. The molecule has 0 saturated heterocycles. The van der Waals surface area contributed by atoms with Crippen LogP contribution in [0.1, 0.15) is 21.7 Å². The number of benzene rings is 2. The van der Waals surface area contributed by atoms with Crippen molar-refractivity contribution in [3.63, 3.8) is 0 Å². The van der Waals surface area contributed by atoms with E-state index in [0.29, 0.717) is 33.8 Å². The highest BCUT2D eigenvalue weighted by molar-refractivity contribution is 6.02. The molecule has 2 aromatic heterocycles. The molecular formula is C20H16N2O4. The van der Waals surface area contributed by atoms with Crippen LogP contribution in [0.3, 0.4) is 0 Å². The third-order valence-corrected chi connectivity index (χ3v) is 4.08. The van der Waals surface area contributed by atoms with Crippen molar-refractivity contribution in [2.45, 2.75) is 13.8 Å². The molecule has 0 fully saturated rings. The van der Waals surface area contributed by atoms with E-state index in [2.05, 4.69) is 10.3 Å². The number of aromatic nitrogens is 1. The molecule has 0 aliphatic heterocycles. The monoisotopic (exact) mass is 348 g/mol. The predicted molar refractivity (Wildman–Crippen MR) is 97.2 cm³/mol. The normalized spacial score (nSPS) is 11.0. The molecule has 4 rings (SSSR count). The zero-order valence-corrected chi connectivity index (χ0v) is 14.2. The van der Waals surface area contributed by atoms with Crippen molar-refractivity contribution in [3.8, 4) is 17.2 Å². The molecule has 6 nitrogen and oxygen atoms in total. The molecule has 0 radical (unpaired) electrons. The lowest BCUT2D eigenvalue weighted by molar-refractivity contribution is 0.0996. The maximum absolute atomic E-state index is 12.2. The first-order valence-electron chi connectivity index (χ1n) is 8.07. The molecule has 2 heterocycles. The molecule has 6 heteroatoms. The third-order valence-electron chi connectivity index (χ3n) is 4.08. The maximum atomic E-state index is 12.2. The summed E-state index contributed by atoms with van der Waals surface area (Å²) in [5.41, 5.74) is 3.92. The van der Waals surface area contributed by atoms with E-state index in [1.54, 1.807) is 31.2 Å². The van der Waals surface area contributed by atoms with Gasteiger partial charge < -0.3 is 19.3 Å². The molecule has 0 bridgehead atoms. The predicted octanol–water partition coefficient (Wildman–Crippen LogP) is 4.66. The standard InChI is InChI=1S/C20H16N2O4/c1-11-5-6-16-15(8-11)22-20(26-16)14-10-13(9-12(2)18(14)23)21-19(24)17-4-3-7-25-17/h3-10,23H,1-2H3,(H,21,24). The first-order chi connectivity index (χ1) is 12.5. The summed E-state index contributed by atoms with van der Waals surface area (Å²) in [4.78, 5) is 16.6. The Balaban J connectivity index is 1.75. The number of furan rings is 1. The molecule has 26 heavy (non-hydrogen) atoms. The van der Waals surface area contributed by atoms with Gasteiger partial charge in [0.15, 0.2) is 11.3 Å². The Morgan fingerprint density at radius 2 is 2.00 bits per heavy atom. The second-order valence-electron chi connectivity index (χ2n) is 6.11. The average Bonchev–Trinajstić information content (AvgIpc) is 3.26. The summed E-state index contributed by atoms with van der Waals surface area (Å²) in [6.07, 6.45) is 1.43. The highest BCUT2D eigenvalue weighted by Crippen LogP contribution is 2.36. The van der Waals surface area contributed by atoms with Gasteiger partial charge in [-0.3, -0.25) is 4.79 Å². The van der Waals surface area contributed by atoms with Crippen molar-refractivity contribution in [1.29, 1.82) is 0 Å². The van der Waals surface area contributed by atoms with Gasteiger partial charge in [-0.15, -0.1) is 0 Å². The summed E-state index contributed by atoms with van der Waals surface area (Å²) in [7, 11) is 0. The Kier molecular flexibility index (Phi) is 3.73. The van der Waals surface area contributed by atoms with Crippen molar-refractivity contribution < 1.29 is 18.7 Å². The minimum atomic E-state index is -0.376. The van der Waals surface area contributed by atoms with Gasteiger partial charge >= 0.3 is 0 Å². The molecule has 0 saturated carbocycles. The summed E-state index contributed by atoms with van der Waals surface area (Å²) in [5, 5.41) is 13.2. The lowest BCUT2D eigenvalue weighted by atomic mass is 10.1. The number of phenols is 1. The van der Waals surface area contributed by atoms with E-state index < -0.39 is 0 Å². The third kappa shape index (κ3) is 2.82. The molecule has 0 aliphatic rings. The minimum Gasteiger partial charge on any atom is -0.507 e. The number of nitrogens with one attached hydrogen (secondary N) is 1. The van der Waals surface area contributed by atoms with Gasteiger partial charge in [0.05, 0.1) is 11.8 Å². The van der Waals surface area contributed by atoms with Crippen LogP contribution in [-0.4, -0.2) is 16.0 Å². The Hall–Kier alpha value is -3.54. The number of aryl methyl sites for hydroxylation is 2. The Morgan fingerprint density at radius 3 is 2.77 bits per heavy atom. The number of hydrogen-bond donors (Lipinski definition) is 2. The average molecular weight is 348 g/mol. The SMILES string of the molecule is Cc1ccc2oc(-c3cc(NC(=O)c4ccco4)cc(C)c3O)nc2c1. The van der Waals surface area contributed by atoms with Gasteiger partial charge in [0.2, 0.25) is 5.89 Å². The summed E-state index contributed by atoms with van der Waals surface area (Å²) in [5.74, 6) is 0.179. The van der Waals surface area contributed by atoms with E-state index in [1.807, 2.05) is 25.1 Å². The number of nitrogens with zero attached hydrogens (tertiary/aromatic N) is 1. The van der Waals surface area contributed by atoms with E-state index in [4.69, 9.17) is 8.83 Å². The smallest absolute Gasteiger partial charge is 0.291 e. The summed E-state index contributed by atoms with van der Waals surface area (Å²) in [6, 6.07) is 12.2. The maximum Gasteiger partial charge on any atom is 0.291 e. The number of rotatable bonds is 3. The van der Waals surface area contributed by atoms with Gasteiger partial charge in [0.1, 0.15) is 11.3 Å². The van der Waals surface area contributed by atoms with Crippen LogP contribution in [-0.2, 0) is 0 Å². The van der Waals surface area contributed by atoms with Gasteiger partial charge in [0.25, 0.3) is 5.91 Å². The molecule has 0 atom stereocenters. The molecule has 2 aromatic carbocycles. The highest BCUT2D eigenvalue weighted by Gasteiger charge is 2.17. The molecule has 130 valence electrons. The van der Waals surface area contributed by atoms with Crippen LogP contribution in [0.4, 0.5) is 5.69 Å². The number of fused-ring (bicyclic) bond motifs is 1. The Morgan fingerprint density at radius 1 is 1.15 bits per heavy atom. The van der Waals surface area contributed by atoms with Gasteiger partial charge in [-0.05, 0) is 61.4 Å². The first kappa shape index (κ1) is 16.0. The van der Waals surface area contributed by atoms with Crippen LogP contribution in [0.2, 0.25) is 0 Å². The molecule has 0 aliphatic carbocycles. The quantitative estimate of drug-likeness (QED) is 0.526. The molecule has 0 spiro atoms. The van der Waals surface area contributed by atoms with Crippen molar-refractivity contribution in [2.75, 3.05) is 5.32 Å². The zero-order valence-electron chi connectivity index (χ0n) is 14.2. The lowest BCUT2D eigenvalue weighted by Crippen LogP contribution is -2.11. The number of oxazole rings is 1. The van der Waals surface area contributed by atoms with Crippen LogP contribution >= 0.6 is 0 Å². The van der Waals surface area contributed by atoms with Crippen LogP contribution < -0.4 is 5.32 Å². The lowest BCUT2D eigenvalue weighted by Gasteiger charge is -2.09. The van der Waals surface area contributed by atoms with E-state index in [0.717, 1.165) is 5.56 Å². The largest absolute Gasteiger partial charge is 0.507 e. The summed E-state index contributed by atoms with van der Waals surface area (Å²) in [6.45, 7) is 3.72. The van der Waals surface area contributed by atoms with E-state index >= 15 is 0 Å². The van der Waals surface area contributed by atoms with E-state index in [9.17, 15) is 9.90 Å². The van der Waals surface area contributed by atoms with Gasteiger partial charge in [-0.1, -0.05) is 6.07 Å². The first-order valence-corrected chi connectivity index (χ1v) is 8.07. The molecule has 4 aromatic rings. The highest BCUT2D eigenvalue weighted by atomic mass is 16.4. The van der Waals surface area contributed by atoms with E-state index in [1.165, 1.54) is 6.26 Å². The fourth-order valence-corrected chi connectivity index (χ4v) is 2.77. The van der Waals surface area contributed by atoms with Gasteiger partial charge in [-0.25, -0.2) is 4.98 Å². The Labute approximate surface area is 149 Å². The number of carbonyl (C=O) groups excluding carboxylic acids is 1. The van der Waals surface area contributed by atoms with Crippen molar-refractivity contribution >= 4 is 22.7 Å². The van der Waals surface area contributed by atoms with E-state index in [-0.39, 0.29) is 17.4 Å². The summed E-state index contributed by atoms with van der Waals surface area (Å²) < 4.78 is 10.9. The van der Waals surface area contributed by atoms with Gasteiger partial charge in [0, 0.05) is 5.69 Å². The topological polar surface area (TPSA) is 88.5 Å². The van der Waals surface area contributed by atoms with Gasteiger partial charge in [-0.2, -0.15) is 0 Å². The fourth-order valence-electron chi connectivity index (χ4n) is 2.77. The van der Waals surface area contributed by atoms with Crippen LogP contribution in [0, 0.1) is 13.8 Å². The molecule has 0 unspecified atom stereocenters. The van der Waals surface area contributed by atoms with Crippen molar-refractivity contribution in [2.24, 2.45) is 0 Å². The van der Waals surface area contributed by atoms with Crippen LogP contribution in [0.25, 0.3) is 22.6 Å². The van der Waals surface area contributed by atoms with Crippen molar-refractivity contribution in [1.82, 2.24) is 4.98 Å². The number of anilines is 1. The van der Waals surface area contributed by atoms with Crippen LogP contribution in [0.5, 0.6) is 5.75 Å². The number of hydrogen-bond acceptors (Lipinski definition) is 5. The molecule has 1 amide bonds. The summed E-state index contributed by atoms with van der Waals surface area (Å²) >= 11 is 0. The number of amides is 1. The van der Waals surface area contributed by atoms with Crippen molar-refractivity contribution in [3.05, 3.63) is 65.6 Å². The number of carbonyl (C=O) groups is 1. The Bertz CT molecular complexity index is 1110.